The average Bonchev–Trinajstić information content (AvgIpc) is 2.24. The van der Waals surface area contributed by atoms with E-state index in [9.17, 15) is 13.2 Å². The minimum atomic E-state index is -4.70. The van der Waals surface area contributed by atoms with Gasteiger partial charge in [0.2, 0.25) is 0 Å². The van der Waals surface area contributed by atoms with Crippen LogP contribution in [0.4, 0.5) is 13.2 Å². The Kier molecular flexibility index (Phi) is 5.53. The first-order valence-corrected chi connectivity index (χ1v) is 6.10. The van der Waals surface area contributed by atoms with Gasteiger partial charge in [-0.3, -0.25) is 0 Å². The Morgan fingerprint density at radius 3 is 2.40 bits per heavy atom. The van der Waals surface area contributed by atoms with Crippen LogP contribution >= 0.6 is 12.4 Å². The maximum atomic E-state index is 12.2. The molecule has 0 amide bonds. The predicted octanol–water partition coefficient (Wildman–Crippen LogP) is 3.82. The highest BCUT2D eigenvalue weighted by Gasteiger charge is 2.32. The first kappa shape index (κ1) is 16.9. The summed E-state index contributed by atoms with van der Waals surface area (Å²) in [5.74, 6) is 0.530. The van der Waals surface area contributed by atoms with Crippen LogP contribution in [0.25, 0.3) is 0 Å². The second-order valence-corrected chi connectivity index (χ2v) is 4.67. The van der Waals surface area contributed by atoms with Crippen LogP contribution in [0.1, 0.15) is 30.9 Å². The summed E-state index contributed by atoms with van der Waals surface area (Å²) in [6, 6.07) is 3.67. The van der Waals surface area contributed by atoms with Crippen LogP contribution in [0, 0.1) is 5.92 Å². The van der Waals surface area contributed by atoms with E-state index in [0.717, 1.165) is 19.3 Å². The number of alkyl halides is 3. The molecule has 2 rings (SSSR count). The van der Waals surface area contributed by atoms with Gasteiger partial charge in [0.15, 0.2) is 0 Å². The van der Waals surface area contributed by atoms with E-state index in [1.807, 2.05) is 0 Å². The Balaban J connectivity index is 0.00000200. The van der Waals surface area contributed by atoms with Gasteiger partial charge >= 0.3 is 6.36 Å². The number of rotatable bonds is 4. The van der Waals surface area contributed by atoms with Crippen LogP contribution < -0.4 is 15.2 Å². The molecule has 0 bridgehead atoms. The number of benzene rings is 1. The van der Waals surface area contributed by atoms with Crippen molar-refractivity contribution in [1.29, 1.82) is 0 Å². The van der Waals surface area contributed by atoms with Crippen molar-refractivity contribution in [3.8, 4) is 11.5 Å². The van der Waals surface area contributed by atoms with Crippen LogP contribution in [0.15, 0.2) is 18.2 Å². The van der Waals surface area contributed by atoms with Gasteiger partial charge < -0.3 is 15.2 Å². The molecule has 1 aliphatic carbocycles. The highest BCUT2D eigenvalue weighted by atomic mass is 35.5. The maximum absolute atomic E-state index is 12.2. The van der Waals surface area contributed by atoms with Gasteiger partial charge in [-0.1, -0.05) is 6.42 Å². The van der Waals surface area contributed by atoms with E-state index in [2.05, 4.69) is 4.74 Å². The van der Waals surface area contributed by atoms with Gasteiger partial charge in [0, 0.05) is 11.6 Å². The SMILES string of the molecule is COc1ccc(OC(F)(F)F)cc1[C@@H](N)C1CCC1.Cl. The zero-order valence-electron chi connectivity index (χ0n) is 10.9. The van der Waals surface area contributed by atoms with E-state index < -0.39 is 6.36 Å². The first-order valence-electron chi connectivity index (χ1n) is 6.10. The molecule has 1 aromatic rings. The molecular weight excluding hydrogens is 295 g/mol. The lowest BCUT2D eigenvalue weighted by molar-refractivity contribution is -0.274. The van der Waals surface area contributed by atoms with Crippen LogP contribution in [0.2, 0.25) is 0 Å². The quantitative estimate of drug-likeness (QED) is 0.919. The van der Waals surface area contributed by atoms with Gasteiger partial charge in [-0.15, -0.1) is 25.6 Å². The topological polar surface area (TPSA) is 44.5 Å². The third-order valence-electron chi connectivity index (χ3n) is 3.45. The number of hydrogen-bond donors (Lipinski definition) is 1. The van der Waals surface area contributed by atoms with Crippen molar-refractivity contribution in [2.45, 2.75) is 31.7 Å². The zero-order valence-corrected chi connectivity index (χ0v) is 11.8. The molecule has 0 spiro atoms. The standard InChI is InChI=1S/C13H16F3NO2.ClH/c1-18-11-6-5-9(19-13(14,15)16)7-10(11)12(17)8-3-2-4-8;/h5-8,12H,2-4,17H2,1H3;1H/t12-;/m0./s1. The summed E-state index contributed by atoms with van der Waals surface area (Å²) in [6.45, 7) is 0. The summed E-state index contributed by atoms with van der Waals surface area (Å²) in [4.78, 5) is 0. The smallest absolute Gasteiger partial charge is 0.496 e. The molecule has 1 aromatic carbocycles. The normalized spacial score (nSPS) is 16.9. The number of methoxy groups -OCH3 is 1. The Hall–Kier alpha value is -1.14. The molecule has 0 aromatic heterocycles. The van der Waals surface area contributed by atoms with E-state index in [4.69, 9.17) is 10.5 Å². The first-order chi connectivity index (χ1) is 8.90. The molecule has 1 saturated carbocycles. The van der Waals surface area contributed by atoms with Crippen molar-refractivity contribution in [1.82, 2.24) is 0 Å². The fraction of sp³-hybridized carbons (Fsp3) is 0.538. The molecule has 20 heavy (non-hydrogen) atoms. The lowest BCUT2D eigenvalue weighted by atomic mass is 9.77. The molecule has 1 atom stereocenters. The Bertz CT molecular complexity index is 450. The fourth-order valence-corrected chi connectivity index (χ4v) is 2.22. The average molecular weight is 312 g/mol. The van der Waals surface area contributed by atoms with Crippen molar-refractivity contribution >= 4 is 12.4 Å². The van der Waals surface area contributed by atoms with E-state index in [-0.39, 0.29) is 24.2 Å². The highest BCUT2D eigenvalue weighted by Crippen LogP contribution is 2.40. The lowest BCUT2D eigenvalue weighted by Gasteiger charge is -2.32. The van der Waals surface area contributed by atoms with Crippen LogP contribution in [0.5, 0.6) is 11.5 Å². The van der Waals surface area contributed by atoms with Gasteiger partial charge in [-0.05, 0) is 37.0 Å². The van der Waals surface area contributed by atoms with Gasteiger partial charge in [0.25, 0.3) is 0 Å². The van der Waals surface area contributed by atoms with E-state index in [1.54, 1.807) is 0 Å². The minimum Gasteiger partial charge on any atom is -0.496 e. The Morgan fingerprint density at radius 1 is 1.30 bits per heavy atom. The molecule has 114 valence electrons. The van der Waals surface area contributed by atoms with Crippen molar-refractivity contribution in [3.63, 3.8) is 0 Å². The molecule has 3 nitrogen and oxygen atoms in total. The summed E-state index contributed by atoms with van der Waals surface area (Å²) < 4.78 is 45.7. The fourth-order valence-electron chi connectivity index (χ4n) is 2.22. The van der Waals surface area contributed by atoms with Gasteiger partial charge in [0.05, 0.1) is 7.11 Å². The summed E-state index contributed by atoms with van der Waals surface area (Å²) in [7, 11) is 1.47. The third kappa shape index (κ3) is 3.93. The summed E-state index contributed by atoms with van der Waals surface area (Å²) in [5.41, 5.74) is 6.66. The predicted molar refractivity (Wildman–Crippen MR) is 71.2 cm³/mol. The second kappa shape index (κ2) is 6.54. The second-order valence-electron chi connectivity index (χ2n) is 4.67. The maximum Gasteiger partial charge on any atom is 0.573 e. The number of ether oxygens (including phenoxy) is 2. The van der Waals surface area contributed by atoms with Crippen molar-refractivity contribution in [2.75, 3.05) is 7.11 Å². The summed E-state index contributed by atoms with van der Waals surface area (Å²) in [5, 5.41) is 0. The van der Waals surface area contributed by atoms with Gasteiger partial charge in [-0.25, -0.2) is 0 Å². The third-order valence-corrected chi connectivity index (χ3v) is 3.45. The van der Waals surface area contributed by atoms with Gasteiger partial charge in [0.1, 0.15) is 11.5 Å². The summed E-state index contributed by atoms with van der Waals surface area (Å²) >= 11 is 0. The van der Waals surface area contributed by atoms with Crippen LogP contribution in [-0.4, -0.2) is 13.5 Å². The van der Waals surface area contributed by atoms with E-state index in [0.29, 0.717) is 17.2 Å². The molecule has 7 heteroatoms. The zero-order chi connectivity index (χ0) is 14.0. The molecule has 0 unspecified atom stereocenters. The van der Waals surface area contributed by atoms with Crippen LogP contribution in [-0.2, 0) is 0 Å². The number of nitrogens with two attached hydrogens (primary N) is 1. The molecule has 0 aliphatic heterocycles. The lowest BCUT2D eigenvalue weighted by Crippen LogP contribution is -2.27. The molecule has 1 fully saturated rings. The Morgan fingerprint density at radius 2 is 1.95 bits per heavy atom. The summed E-state index contributed by atoms with van der Waals surface area (Å²) in [6.07, 6.45) is -1.60. The van der Waals surface area contributed by atoms with Crippen molar-refractivity contribution < 1.29 is 22.6 Å². The molecule has 0 radical (unpaired) electrons. The van der Waals surface area contributed by atoms with E-state index >= 15 is 0 Å². The minimum absolute atomic E-state index is 0. The Labute approximate surface area is 121 Å². The number of halogens is 4. The molecular formula is C13H17ClF3NO2. The van der Waals surface area contributed by atoms with E-state index in [1.165, 1.54) is 25.3 Å². The molecule has 2 N–H and O–H groups in total. The van der Waals surface area contributed by atoms with Crippen molar-refractivity contribution in [3.05, 3.63) is 23.8 Å². The van der Waals surface area contributed by atoms with Gasteiger partial charge in [-0.2, -0.15) is 0 Å². The van der Waals surface area contributed by atoms with Crippen molar-refractivity contribution in [2.24, 2.45) is 11.7 Å². The van der Waals surface area contributed by atoms with Crippen LogP contribution in [0.3, 0.4) is 0 Å². The monoisotopic (exact) mass is 311 g/mol. The molecule has 0 heterocycles. The largest absolute Gasteiger partial charge is 0.573 e. The number of hydrogen-bond acceptors (Lipinski definition) is 3. The highest BCUT2D eigenvalue weighted by molar-refractivity contribution is 5.85. The molecule has 0 saturated heterocycles. The molecule has 1 aliphatic rings.